The number of furan rings is 1. The van der Waals surface area contributed by atoms with E-state index < -0.39 is 20.7 Å². The molecule has 0 aliphatic rings. The second-order valence-electron chi connectivity index (χ2n) is 5.19. The molecule has 0 unspecified atom stereocenters. The van der Waals surface area contributed by atoms with Gasteiger partial charge in [-0.15, -0.1) is 0 Å². The molecule has 0 fully saturated rings. The molecule has 0 spiro atoms. The highest BCUT2D eigenvalue weighted by molar-refractivity contribution is 7.91. The van der Waals surface area contributed by atoms with Crippen LogP contribution in [0.3, 0.4) is 0 Å². The van der Waals surface area contributed by atoms with Gasteiger partial charge in [0.05, 0.1) is 9.82 Å². The topological polar surface area (TPSA) is 120 Å². The summed E-state index contributed by atoms with van der Waals surface area (Å²) >= 11 is 0. The first-order chi connectivity index (χ1) is 12.4. The highest BCUT2D eigenvalue weighted by atomic mass is 32.2. The molecule has 1 aromatic heterocycles. The summed E-state index contributed by atoms with van der Waals surface area (Å²) in [6, 6.07) is 15.3. The number of sulfone groups is 1. The minimum atomic E-state index is -3.86. The van der Waals surface area contributed by atoms with E-state index in [2.05, 4.69) is 5.32 Å². The molecule has 3 rings (SSSR count). The maximum Gasteiger partial charge on any atom is 0.291 e. The van der Waals surface area contributed by atoms with Crippen LogP contribution in [0, 0.1) is 10.1 Å². The molecule has 8 nitrogen and oxygen atoms in total. The summed E-state index contributed by atoms with van der Waals surface area (Å²) in [4.78, 5) is 22.3. The Labute approximate surface area is 148 Å². The highest BCUT2D eigenvalue weighted by Crippen LogP contribution is 2.23. The van der Waals surface area contributed by atoms with Crippen LogP contribution < -0.4 is 5.32 Å². The number of anilines is 1. The van der Waals surface area contributed by atoms with Crippen LogP contribution in [-0.4, -0.2) is 19.2 Å². The van der Waals surface area contributed by atoms with Crippen molar-refractivity contribution in [3.05, 3.63) is 82.6 Å². The van der Waals surface area contributed by atoms with Gasteiger partial charge in [-0.05, 0) is 36.4 Å². The summed E-state index contributed by atoms with van der Waals surface area (Å²) in [5.74, 6) is -0.869. The monoisotopic (exact) mass is 372 g/mol. The zero-order valence-corrected chi connectivity index (χ0v) is 14.0. The lowest BCUT2D eigenvalue weighted by molar-refractivity contribution is -0.384. The molecular weight excluding hydrogens is 360 g/mol. The summed E-state index contributed by atoms with van der Waals surface area (Å²) in [7, 11) is -3.86. The highest BCUT2D eigenvalue weighted by Gasteiger charge is 2.23. The minimum Gasteiger partial charge on any atom is -0.439 e. The van der Waals surface area contributed by atoms with Gasteiger partial charge >= 0.3 is 0 Å². The molecule has 132 valence electrons. The molecule has 1 amide bonds. The van der Waals surface area contributed by atoms with Crippen LogP contribution in [-0.2, 0) is 9.84 Å². The molecule has 1 heterocycles. The van der Waals surface area contributed by atoms with E-state index in [1.54, 1.807) is 18.2 Å². The van der Waals surface area contributed by atoms with Crippen molar-refractivity contribution in [3.63, 3.8) is 0 Å². The van der Waals surface area contributed by atoms with Crippen LogP contribution in [0.2, 0.25) is 0 Å². The number of hydrogen-bond acceptors (Lipinski definition) is 6. The SMILES string of the molecule is O=C(Nc1ccc([N+](=O)[O-])cc1)c1ccc(S(=O)(=O)c2ccccc2)o1. The van der Waals surface area contributed by atoms with E-state index in [0.717, 1.165) is 0 Å². The molecule has 2 aromatic carbocycles. The van der Waals surface area contributed by atoms with E-state index in [0.29, 0.717) is 5.69 Å². The molecule has 0 atom stereocenters. The van der Waals surface area contributed by atoms with Crippen LogP contribution in [0.1, 0.15) is 10.6 Å². The fourth-order valence-electron chi connectivity index (χ4n) is 2.16. The largest absolute Gasteiger partial charge is 0.439 e. The zero-order chi connectivity index (χ0) is 18.7. The van der Waals surface area contributed by atoms with Crippen LogP contribution in [0.4, 0.5) is 11.4 Å². The van der Waals surface area contributed by atoms with E-state index in [9.17, 15) is 23.3 Å². The van der Waals surface area contributed by atoms with Gasteiger partial charge in [-0.3, -0.25) is 14.9 Å². The van der Waals surface area contributed by atoms with Gasteiger partial charge in [-0.25, -0.2) is 8.42 Å². The lowest BCUT2D eigenvalue weighted by Crippen LogP contribution is -2.11. The quantitative estimate of drug-likeness (QED) is 0.542. The number of nitrogens with one attached hydrogen (secondary N) is 1. The second-order valence-corrected chi connectivity index (χ2v) is 7.07. The van der Waals surface area contributed by atoms with Gasteiger partial charge in [-0.2, -0.15) is 0 Å². The van der Waals surface area contributed by atoms with E-state index in [1.807, 2.05) is 0 Å². The molecular formula is C17H12N2O6S. The van der Waals surface area contributed by atoms with Gasteiger partial charge in [-0.1, -0.05) is 18.2 Å². The van der Waals surface area contributed by atoms with Gasteiger partial charge in [0, 0.05) is 17.8 Å². The first-order valence-electron chi connectivity index (χ1n) is 7.34. The Hall–Kier alpha value is -3.46. The predicted octanol–water partition coefficient (Wildman–Crippen LogP) is 3.27. The van der Waals surface area contributed by atoms with Gasteiger partial charge in [0.1, 0.15) is 0 Å². The standard InChI is InChI=1S/C17H12N2O6S/c20-17(18-12-6-8-13(9-7-12)19(21)22)15-10-11-16(25-15)26(23,24)14-4-2-1-3-5-14/h1-11H,(H,18,20). The Kier molecular flexibility index (Phi) is 4.55. The maximum absolute atomic E-state index is 12.4. The zero-order valence-electron chi connectivity index (χ0n) is 13.2. The van der Waals surface area contributed by atoms with Crippen molar-refractivity contribution < 1.29 is 22.6 Å². The lowest BCUT2D eigenvalue weighted by Gasteiger charge is -2.03. The van der Waals surface area contributed by atoms with Crippen LogP contribution in [0.25, 0.3) is 0 Å². The van der Waals surface area contributed by atoms with Crippen molar-refractivity contribution in [1.82, 2.24) is 0 Å². The Morgan fingerprint density at radius 2 is 1.62 bits per heavy atom. The Morgan fingerprint density at radius 3 is 2.23 bits per heavy atom. The molecule has 0 saturated heterocycles. The van der Waals surface area contributed by atoms with Crippen LogP contribution in [0.5, 0.6) is 0 Å². The van der Waals surface area contributed by atoms with Crippen molar-refractivity contribution >= 4 is 27.1 Å². The van der Waals surface area contributed by atoms with Crippen molar-refractivity contribution in [2.75, 3.05) is 5.32 Å². The number of carbonyl (C=O) groups excluding carboxylic acids is 1. The minimum absolute atomic E-state index is 0.0525. The summed E-state index contributed by atoms with van der Waals surface area (Å²) in [6.45, 7) is 0. The van der Waals surface area contributed by atoms with E-state index in [1.165, 1.54) is 48.5 Å². The lowest BCUT2D eigenvalue weighted by atomic mass is 10.3. The van der Waals surface area contributed by atoms with Crippen molar-refractivity contribution in [3.8, 4) is 0 Å². The number of nitrogens with zero attached hydrogens (tertiary/aromatic N) is 1. The fourth-order valence-corrected chi connectivity index (χ4v) is 3.36. The number of amides is 1. The Balaban J connectivity index is 1.79. The van der Waals surface area contributed by atoms with Gasteiger partial charge in [0.15, 0.2) is 5.76 Å². The number of non-ortho nitro benzene ring substituents is 1. The first kappa shape index (κ1) is 17.4. The summed E-state index contributed by atoms with van der Waals surface area (Å²) in [6.07, 6.45) is 0. The Morgan fingerprint density at radius 1 is 0.962 bits per heavy atom. The number of hydrogen-bond donors (Lipinski definition) is 1. The molecule has 26 heavy (non-hydrogen) atoms. The van der Waals surface area contributed by atoms with E-state index in [4.69, 9.17) is 4.42 Å². The fraction of sp³-hybridized carbons (Fsp3) is 0. The van der Waals surface area contributed by atoms with Gasteiger partial charge in [0.2, 0.25) is 14.9 Å². The average molecular weight is 372 g/mol. The predicted molar refractivity (Wildman–Crippen MR) is 91.7 cm³/mol. The number of benzene rings is 2. The van der Waals surface area contributed by atoms with Crippen LogP contribution in [0.15, 0.2) is 81.1 Å². The summed E-state index contributed by atoms with van der Waals surface area (Å²) in [5.41, 5.74) is 0.196. The smallest absolute Gasteiger partial charge is 0.291 e. The normalized spacial score (nSPS) is 11.1. The Bertz CT molecular complexity index is 1060. The third-order valence-electron chi connectivity index (χ3n) is 3.46. The molecule has 3 aromatic rings. The maximum atomic E-state index is 12.4. The van der Waals surface area contributed by atoms with Crippen molar-refractivity contribution in [1.29, 1.82) is 0 Å². The van der Waals surface area contributed by atoms with E-state index in [-0.39, 0.29) is 21.4 Å². The second kappa shape index (κ2) is 6.81. The number of nitro benzene ring substituents is 1. The number of rotatable bonds is 5. The van der Waals surface area contributed by atoms with E-state index >= 15 is 0 Å². The summed E-state index contributed by atoms with van der Waals surface area (Å²) < 4.78 is 30.1. The first-order valence-corrected chi connectivity index (χ1v) is 8.82. The molecule has 0 saturated carbocycles. The summed E-state index contributed by atoms with van der Waals surface area (Å²) in [5, 5.41) is 12.7. The molecule has 0 radical (unpaired) electrons. The molecule has 0 bridgehead atoms. The van der Waals surface area contributed by atoms with Crippen molar-refractivity contribution in [2.24, 2.45) is 0 Å². The van der Waals surface area contributed by atoms with Gasteiger partial charge < -0.3 is 9.73 Å². The average Bonchev–Trinajstić information content (AvgIpc) is 3.14. The molecule has 0 aliphatic heterocycles. The third kappa shape index (κ3) is 3.47. The number of carbonyl (C=O) groups is 1. The molecule has 9 heteroatoms. The van der Waals surface area contributed by atoms with Crippen LogP contribution >= 0.6 is 0 Å². The third-order valence-corrected chi connectivity index (χ3v) is 5.10. The molecule has 0 aliphatic carbocycles. The molecule has 1 N–H and O–H groups in total. The number of nitro groups is 1. The van der Waals surface area contributed by atoms with Crippen molar-refractivity contribution in [2.45, 2.75) is 9.99 Å². The van der Waals surface area contributed by atoms with Gasteiger partial charge in [0.25, 0.3) is 11.6 Å².